The zero-order valence-electron chi connectivity index (χ0n) is 18.0. The predicted octanol–water partition coefficient (Wildman–Crippen LogP) is 5.62. The second kappa shape index (κ2) is 8.80. The molecule has 1 unspecified atom stereocenters. The first-order valence-electron chi connectivity index (χ1n) is 10.8. The largest absolute Gasteiger partial charge is 0.507 e. The Morgan fingerprint density at radius 3 is 2.47 bits per heavy atom. The van der Waals surface area contributed by atoms with Gasteiger partial charge in [0.1, 0.15) is 11.6 Å². The van der Waals surface area contributed by atoms with Gasteiger partial charge in [0, 0.05) is 39.8 Å². The van der Waals surface area contributed by atoms with Crippen molar-refractivity contribution in [2.24, 2.45) is 0 Å². The lowest BCUT2D eigenvalue weighted by atomic mass is 9.95. The summed E-state index contributed by atoms with van der Waals surface area (Å²) < 4.78 is 14.9. The van der Waals surface area contributed by atoms with Crippen LogP contribution in [0, 0.1) is 5.82 Å². The topological polar surface area (TPSA) is 73.4 Å². The van der Waals surface area contributed by atoms with Crippen LogP contribution in [-0.2, 0) is 16.0 Å². The van der Waals surface area contributed by atoms with Gasteiger partial charge >= 0.3 is 0 Å². The van der Waals surface area contributed by atoms with Crippen LogP contribution in [0.2, 0.25) is 5.02 Å². The molecule has 0 spiro atoms. The van der Waals surface area contributed by atoms with Crippen LogP contribution in [0.3, 0.4) is 0 Å². The molecule has 1 aliphatic heterocycles. The van der Waals surface area contributed by atoms with E-state index in [0.717, 1.165) is 16.5 Å². The molecular weight excluding hydrogens is 455 g/mol. The number of ketones is 1. The zero-order chi connectivity index (χ0) is 23.8. The molecular formula is C27H20ClFN2O3. The summed E-state index contributed by atoms with van der Waals surface area (Å²) in [5, 5.41) is 12.5. The molecule has 1 atom stereocenters. The van der Waals surface area contributed by atoms with E-state index in [4.69, 9.17) is 11.6 Å². The highest BCUT2D eigenvalue weighted by Crippen LogP contribution is 2.40. The summed E-state index contributed by atoms with van der Waals surface area (Å²) in [4.78, 5) is 30.7. The van der Waals surface area contributed by atoms with Gasteiger partial charge in [-0.15, -0.1) is 0 Å². The number of aliphatic hydroxyl groups is 1. The number of H-pyrrole nitrogens is 1. The second-order valence-electron chi connectivity index (χ2n) is 8.13. The van der Waals surface area contributed by atoms with Gasteiger partial charge in [-0.25, -0.2) is 4.39 Å². The van der Waals surface area contributed by atoms with Crippen LogP contribution < -0.4 is 0 Å². The summed E-state index contributed by atoms with van der Waals surface area (Å²) in [6.07, 6.45) is 2.32. The van der Waals surface area contributed by atoms with E-state index in [-0.39, 0.29) is 23.4 Å². The molecule has 2 N–H and O–H groups in total. The Hall–Kier alpha value is -3.90. The molecule has 1 aliphatic rings. The van der Waals surface area contributed by atoms with E-state index in [1.807, 2.05) is 30.5 Å². The van der Waals surface area contributed by atoms with Crippen LogP contribution in [0.1, 0.15) is 22.7 Å². The highest BCUT2D eigenvalue weighted by atomic mass is 35.5. The average molecular weight is 475 g/mol. The SMILES string of the molecule is O=C1C(=O)N(CCc2c[nH]c3ccccc23)C(c2ccccc2F)C1=C(O)c1ccc(Cl)cc1. The lowest BCUT2D eigenvalue weighted by Crippen LogP contribution is -2.32. The number of nitrogens with zero attached hydrogens (tertiary/aromatic N) is 1. The van der Waals surface area contributed by atoms with Crippen LogP contribution in [0.4, 0.5) is 4.39 Å². The number of carbonyl (C=O) groups is 2. The lowest BCUT2D eigenvalue weighted by Gasteiger charge is -2.25. The quantitative estimate of drug-likeness (QED) is 0.224. The van der Waals surface area contributed by atoms with E-state index in [1.165, 1.54) is 23.1 Å². The Bertz CT molecular complexity index is 1440. The summed E-state index contributed by atoms with van der Waals surface area (Å²) in [6, 6.07) is 19.0. The number of halogens is 2. The molecule has 1 aromatic heterocycles. The molecule has 0 saturated carbocycles. The number of hydrogen-bond donors (Lipinski definition) is 2. The number of hydrogen-bond acceptors (Lipinski definition) is 3. The Balaban J connectivity index is 1.58. The van der Waals surface area contributed by atoms with E-state index in [0.29, 0.717) is 17.0 Å². The molecule has 34 heavy (non-hydrogen) atoms. The number of Topliss-reactive ketones (excluding diaryl/α,β-unsaturated/α-hetero) is 1. The number of para-hydroxylation sites is 1. The molecule has 7 heteroatoms. The standard InChI is InChI=1S/C27H20ClFN2O3/c28-18-11-9-16(10-12-18)25(32)23-24(20-6-1-3-7-21(20)29)31(27(34)26(23)33)14-13-17-15-30-22-8-4-2-5-19(17)22/h1-12,15,24,30,32H,13-14H2. The van der Waals surface area contributed by atoms with Gasteiger partial charge in [-0.05, 0) is 48.4 Å². The third-order valence-electron chi connectivity index (χ3n) is 6.15. The van der Waals surface area contributed by atoms with Crippen molar-refractivity contribution in [2.75, 3.05) is 6.54 Å². The average Bonchev–Trinajstić information content (AvgIpc) is 3.37. The Kier molecular flexibility index (Phi) is 5.67. The Labute approximate surface area is 200 Å². The number of carbonyl (C=O) groups excluding carboxylic acids is 2. The van der Waals surface area contributed by atoms with Gasteiger partial charge in [-0.3, -0.25) is 9.59 Å². The first-order chi connectivity index (χ1) is 16.5. The number of rotatable bonds is 5. The molecule has 1 amide bonds. The number of aliphatic hydroxyl groups excluding tert-OH is 1. The normalized spacial score (nSPS) is 17.6. The van der Waals surface area contributed by atoms with Gasteiger partial charge in [0.05, 0.1) is 11.6 Å². The van der Waals surface area contributed by atoms with Crippen molar-refractivity contribution >= 4 is 40.0 Å². The van der Waals surface area contributed by atoms with E-state index >= 15 is 0 Å². The van der Waals surface area contributed by atoms with E-state index in [2.05, 4.69) is 4.98 Å². The van der Waals surface area contributed by atoms with Crippen LogP contribution >= 0.6 is 11.6 Å². The summed E-state index contributed by atoms with van der Waals surface area (Å²) >= 11 is 5.95. The molecule has 1 saturated heterocycles. The maximum Gasteiger partial charge on any atom is 0.295 e. The number of fused-ring (bicyclic) bond motifs is 1. The first-order valence-corrected chi connectivity index (χ1v) is 11.2. The van der Waals surface area contributed by atoms with Gasteiger partial charge in [-0.1, -0.05) is 48.0 Å². The van der Waals surface area contributed by atoms with Crippen molar-refractivity contribution < 1.29 is 19.1 Å². The van der Waals surface area contributed by atoms with Crippen molar-refractivity contribution in [3.05, 3.63) is 112 Å². The van der Waals surface area contributed by atoms with Crippen molar-refractivity contribution in [2.45, 2.75) is 12.5 Å². The number of amides is 1. The van der Waals surface area contributed by atoms with Crippen LogP contribution in [-0.4, -0.2) is 33.2 Å². The highest BCUT2D eigenvalue weighted by Gasteiger charge is 2.46. The molecule has 0 bridgehead atoms. The maximum absolute atomic E-state index is 14.9. The van der Waals surface area contributed by atoms with Crippen molar-refractivity contribution in [1.29, 1.82) is 0 Å². The lowest BCUT2D eigenvalue weighted by molar-refractivity contribution is -0.139. The van der Waals surface area contributed by atoms with Crippen LogP contribution in [0.15, 0.2) is 84.6 Å². The minimum Gasteiger partial charge on any atom is -0.507 e. The molecule has 1 fully saturated rings. The van der Waals surface area contributed by atoms with Crippen molar-refractivity contribution in [1.82, 2.24) is 9.88 Å². The fourth-order valence-corrected chi connectivity index (χ4v) is 4.60. The molecule has 5 nitrogen and oxygen atoms in total. The number of likely N-dealkylation sites (tertiary alicyclic amines) is 1. The molecule has 5 rings (SSSR count). The third-order valence-corrected chi connectivity index (χ3v) is 6.41. The van der Waals surface area contributed by atoms with Crippen LogP contribution in [0.5, 0.6) is 0 Å². The predicted molar refractivity (Wildman–Crippen MR) is 129 cm³/mol. The highest BCUT2D eigenvalue weighted by molar-refractivity contribution is 6.46. The molecule has 170 valence electrons. The fraction of sp³-hybridized carbons (Fsp3) is 0.111. The smallest absolute Gasteiger partial charge is 0.295 e. The Morgan fingerprint density at radius 2 is 1.71 bits per heavy atom. The van der Waals surface area contributed by atoms with E-state index in [1.54, 1.807) is 30.3 Å². The van der Waals surface area contributed by atoms with Gasteiger partial charge in [0.2, 0.25) is 0 Å². The molecule has 0 radical (unpaired) electrons. The van der Waals surface area contributed by atoms with Crippen LogP contribution in [0.25, 0.3) is 16.7 Å². The number of aromatic nitrogens is 1. The fourth-order valence-electron chi connectivity index (χ4n) is 4.47. The van der Waals surface area contributed by atoms with E-state index in [9.17, 15) is 19.1 Å². The Morgan fingerprint density at radius 1 is 1.00 bits per heavy atom. The summed E-state index contributed by atoms with van der Waals surface area (Å²) in [7, 11) is 0. The van der Waals surface area contributed by atoms with Gasteiger partial charge in [0.15, 0.2) is 0 Å². The summed E-state index contributed by atoms with van der Waals surface area (Å²) in [6.45, 7) is 0.169. The zero-order valence-corrected chi connectivity index (χ0v) is 18.7. The summed E-state index contributed by atoms with van der Waals surface area (Å²) in [5.41, 5.74) is 2.27. The van der Waals surface area contributed by atoms with Crippen molar-refractivity contribution in [3.8, 4) is 0 Å². The number of benzene rings is 3. The van der Waals surface area contributed by atoms with Gasteiger partial charge < -0.3 is 15.0 Å². The second-order valence-corrected chi connectivity index (χ2v) is 8.57. The molecule has 0 aliphatic carbocycles. The molecule has 2 heterocycles. The van der Waals surface area contributed by atoms with Gasteiger partial charge in [-0.2, -0.15) is 0 Å². The van der Waals surface area contributed by atoms with E-state index < -0.39 is 23.5 Å². The van der Waals surface area contributed by atoms with Gasteiger partial charge in [0.25, 0.3) is 11.7 Å². The summed E-state index contributed by atoms with van der Waals surface area (Å²) in [5.74, 6) is -2.55. The minimum absolute atomic E-state index is 0.142. The monoisotopic (exact) mass is 474 g/mol. The molecule has 3 aromatic carbocycles. The maximum atomic E-state index is 14.9. The number of nitrogens with one attached hydrogen (secondary N) is 1. The first kappa shape index (κ1) is 21.9. The van der Waals surface area contributed by atoms with Crippen molar-refractivity contribution in [3.63, 3.8) is 0 Å². The minimum atomic E-state index is -1.05. The molecule has 4 aromatic rings. The number of aromatic amines is 1. The third kappa shape index (κ3) is 3.76.